The molecule has 108 valence electrons. The van der Waals surface area contributed by atoms with Crippen LogP contribution in [0.15, 0.2) is 60.7 Å². The second-order valence-corrected chi connectivity index (χ2v) is 5.37. The molecule has 0 saturated heterocycles. The number of cyclic esters (lactones) is 1. The molecule has 0 unspecified atom stereocenters. The van der Waals surface area contributed by atoms with Gasteiger partial charge in [-0.25, -0.2) is 4.79 Å². The van der Waals surface area contributed by atoms with Gasteiger partial charge in [0.2, 0.25) is 0 Å². The van der Waals surface area contributed by atoms with Gasteiger partial charge in [0.25, 0.3) is 0 Å². The molecular formula is C19H14O3. The van der Waals surface area contributed by atoms with Crippen LogP contribution >= 0.6 is 0 Å². The van der Waals surface area contributed by atoms with E-state index in [-0.39, 0.29) is 5.97 Å². The molecule has 0 N–H and O–H groups in total. The van der Waals surface area contributed by atoms with Gasteiger partial charge >= 0.3 is 5.97 Å². The molecule has 3 nitrogen and oxygen atoms in total. The van der Waals surface area contributed by atoms with Crippen LogP contribution in [0.3, 0.4) is 0 Å². The number of hydrogen-bond donors (Lipinski definition) is 0. The molecule has 0 atom stereocenters. The van der Waals surface area contributed by atoms with Crippen LogP contribution < -0.4 is 4.74 Å². The number of carbonyl (C=O) groups excluding carboxylic acids is 1. The van der Waals surface area contributed by atoms with Crippen molar-refractivity contribution in [3.05, 3.63) is 77.4 Å². The Morgan fingerprint density at radius 1 is 0.955 bits per heavy atom. The highest BCUT2D eigenvalue weighted by Gasteiger charge is 2.21. The topological polar surface area (TPSA) is 35.5 Å². The van der Waals surface area contributed by atoms with E-state index in [4.69, 9.17) is 9.47 Å². The molecule has 0 aromatic heterocycles. The predicted molar refractivity (Wildman–Crippen MR) is 83.8 cm³/mol. The molecule has 1 aliphatic rings. The van der Waals surface area contributed by atoms with Crippen LogP contribution in [0.25, 0.3) is 10.8 Å². The molecule has 0 amide bonds. The Morgan fingerprint density at radius 3 is 2.68 bits per heavy atom. The lowest BCUT2D eigenvalue weighted by molar-refractivity contribution is 0.0535. The lowest BCUT2D eigenvalue weighted by Crippen LogP contribution is -1.95. The highest BCUT2D eigenvalue weighted by atomic mass is 16.5. The van der Waals surface area contributed by atoms with Crippen molar-refractivity contribution in [1.82, 2.24) is 0 Å². The van der Waals surface area contributed by atoms with Crippen molar-refractivity contribution < 1.29 is 14.3 Å². The third-order valence-corrected chi connectivity index (χ3v) is 3.86. The number of carbonyl (C=O) groups is 1. The highest BCUT2D eigenvalue weighted by Crippen LogP contribution is 2.28. The van der Waals surface area contributed by atoms with E-state index in [2.05, 4.69) is 0 Å². The van der Waals surface area contributed by atoms with E-state index < -0.39 is 0 Å². The summed E-state index contributed by atoms with van der Waals surface area (Å²) in [7, 11) is 0. The maximum Gasteiger partial charge on any atom is 0.338 e. The maximum atomic E-state index is 11.6. The Morgan fingerprint density at radius 2 is 1.82 bits per heavy atom. The molecule has 0 spiro atoms. The van der Waals surface area contributed by atoms with E-state index in [0.29, 0.717) is 18.8 Å². The molecular weight excluding hydrogens is 276 g/mol. The van der Waals surface area contributed by atoms with Gasteiger partial charge in [-0.15, -0.1) is 0 Å². The summed E-state index contributed by atoms with van der Waals surface area (Å²) in [6, 6.07) is 19.9. The smallest absolute Gasteiger partial charge is 0.338 e. The fourth-order valence-corrected chi connectivity index (χ4v) is 2.68. The van der Waals surface area contributed by atoms with Gasteiger partial charge in [0.1, 0.15) is 19.0 Å². The third kappa shape index (κ3) is 2.31. The first-order valence-corrected chi connectivity index (χ1v) is 7.20. The van der Waals surface area contributed by atoms with E-state index in [1.807, 2.05) is 60.7 Å². The summed E-state index contributed by atoms with van der Waals surface area (Å²) in [5.74, 6) is 0.586. The lowest BCUT2D eigenvalue weighted by atomic mass is 10.0. The van der Waals surface area contributed by atoms with Gasteiger partial charge in [0.05, 0.1) is 5.56 Å². The van der Waals surface area contributed by atoms with E-state index in [1.165, 1.54) is 0 Å². The average molecular weight is 290 g/mol. The molecule has 0 radical (unpaired) electrons. The van der Waals surface area contributed by atoms with Gasteiger partial charge < -0.3 is 9.47 Å². The van der Waals surface area contributed by atoms with Crippen molar-refractivity contribution in [2.45, 2.75) is 13.2 Å². The standard InChI is InChI=1S/C19H14O3/c20-19-18-10-14-6-7-17(9-15(14)8-16(18)12-22-19)21-11-13-4-2-1-3-5-13/h1-10H,11-12H2. The number of ether oxygens (including phenoxy) is 2. The minimum atomic E-state index is -0.235. The van der Waals surface area contributed by atoms with Crippen LogP contribution in [0.5, 0.6) is 5.75 Å². The summed E-state index contributed by atoms with van der Waals surface area (Å²) >= 11 is 0. The van der Waals surface area contributed by atoms with Crippen molar-refractivity contribution in [3.63, 3.8) is 0 Å². The Kier molecular flexibility index (Phi) is 3.04. The largest absolute Gasteiger partial charge is 0.489 e. The first-order valence-electron chi connectivity index (χ1n) is 7.20. The zero-order valence-electron chi connectivity index (χ0n) is 11.9. The van der Waals surface area contributed by atoms with E-state index in [0.717, 1.165) is 27.6 Å². The lowest BCUT2D eigenvalue weighted by Gasteiger charge is -2.08. The monoisotopic (exact) mass is 290 g/mol. The molecule has 3 aromatic rings. The summed E-state index contributed by atoms with van der Waals surface area (Å²) in [6.45, 7) is 0.901. The molecule has 0 saturated carbocycles. The minimum absolute atomic E-state index is 0.235. The van der Waals surface area contributed by atoms with Crippen LogP contribution in [-0.4, -0.2) is 5.97 Å². The molecule has 4 rings (SSSR count). The summed E-state index contributed by atoms with van der Waals surface area (Å²) in [5, 5.41) is 2.08. The fourth-order valence-electron chi connectivity index (χ4n) is 2.68. The van der Waals surface area contributed by atoms with Crippen molar-refractivity contribution >= 4 is 16.7 Å². The third-order valence-electron chi connectivity index (χ3n) is 3.86. The Labute approximate surface area is 128 Å². The summed E-state index contributed by atoms with van der Waals surface area (Å²) in [6.07, 6.45) is 0. The molecule has 1 aliphatic heterocycles. The molecule has 0 bridgehead atoms. The second kappa shape index (κ2) is 5.19. The molecule has 0 fully saturated rings. The molecule has 1 heterocycles. The summed E-state index contributed by atoms with van der Waals surface area (Å²) in [4.78, 5) is 11.6. The Balaban J connectivity index is 1.62. The normalized spacial score (nSPS) is 13.0. The Hall–Kier alpha value is -2.81. The number of fused-ring (bicyclic) bond motifs is 2. The average Bonchev–Trinajstić information content (AvgIpc) is 2.92. The first-order chi connectivity index (χ1) is 10.8. The zero-order chi connectivity index (χ0) is 14.9. The van der Waals surface area contributed by atoms with E-state index >= 15 is 0 Å². The van der Waals surface area contributed by atoms with E-state index in [1.54, 1.807) is 0 Å². The molecule has 3 heteroatoms. The van der Waals surface area contributed by atoms with Gasteiger partial charge in [-0.1, -0.05) is 36.4 Å². The summed E-state index contributed by atoms with van der Waals surface area (Å²) in [5.41, 5.74) is 2.75. The van der Waals surface area contributed by atoms with Gasteiger partial charge in [-0.2, -0.15) is 0 Å². The first kappa shape index (κ1) is 12.9. The number of esters is 1. The van der Waals surface area contributed by atoms with Crippen LogP contribution in [-0.2, 0) is 18.0 Å². The quantitative estimate of drug-likeness (QED) is 0.682. The van der Waals surface area contributed by atoms with Crippen LogP contribution in [0.1, 0.15) is 21.5 Å². The van der Waals surface area contributed by atoms with Gasteiger partial charge in [-0.05, 0) is 40.6 Å². The van der Waals surface area contributed by atoms with Gasteiger partial charge in [-0.3, -0.25) is 0 Å². The number of benzene rings is 3. The van der Waals surface area contributed by atoms with Crippen molar-refractivity contribution in [2.24, 2.45) is 0 Å². The van der Waals surface area contributed by atoms with Crippen LogP contribution in [0, 0.1) is 0 Å². The number of hydrogen-bond acceptors (Lipinski definition) is 3. The van der Waals surface area contributed by atoms with Crippen molar-refractivity contribution in [3.8, 4) is 5.75 Å². The maximum absolute atomic E-state index is 11.6. The highest BCUT2D eigenvalue weighted by molar-refractivity contribution is 5.99. The number of rotatable bonds is 3. The van der Waals surface area contributed by atoms with Crippen LogP contribution in [0.2, 0.25) is 0 Å². The molecule has 22 heavy (non-hydrogen) atoms. The molecule has 0 aliphatic carbocycles. The minimum Gasteiger partial charge on any atom is -0.489 e. The van der Waals surface area contributed by atoms with Gasteiger partial charge in [0.15, 0.2) is 0 Å². The predicted octanol–water partition coefficient (Wildman–Crippen LogP) is 4.09. The Bertz CT molecular complexity index is 853. The molecule has 3 aromatic carbocycles. The summed E-state index contributed by atoms with van der Waals surface area (Å²) < 4.78 is 10.9. The van der Waals surface area contributed by atoms with Crippen molar-refractivity contribution in [2.75, 3.05) is 0 Å². The van der Waals surface area contributed by atoms with Crippen LogP contribution in [0.4, 0.5) is 0 Å². The van der Waals surface area contributed by atoms with E-state index in [9.17, 15) is 4.79 Å². The fraction of sp³-hybridized carbons (Fsp3) is 0.105. The van der Waals surface area contributed by atoms with Crippen molar-refractivity contribution in [1.29, 1.82) is 0 Å². The zero-order valence-corrected chi connectivity index (χ0v) is 11.9. The van der Waals surface area contributed by atoms with Gasteiger partial charge in [0, 0.05) is 5.56 Å². The SMILES string of the molecule is O=C1OCc2cc3cc(OCc4ccccc4)ccc3cc21. The second-order valence-electron chi connectivity index (χ2n) is 5.37.